The number of aryl methyl sites for hydroxylation is 1. The summed E-state index contributed by atoms with van der Waals surface area (Å²) in [6.45, 7) is 1.82. The Kier molecular flexibility index (Phi) is 1.56. The fourth-order valence-corrected chi connectivity index (χ4v) is 1.38. The fourth-order valence-electron chi connectivity index (χ4n) is 1.38. The molecule has 1 N–H and O–H groups in total. The molecule has 2 nitrogen and oxygen atoms in total. The van der Waals surface area contributed by atoms with Gasteiger partial charge in [0.25, 0.3) is 0 Å². The van der Waals surface area contributed by atoms with E-state index in [2.05, 4.69) is 16.1 Å². The highest BCUT2D eigenvalue weighted by atomic mass is 19.1. The Bertz CT molecular complexity index is 505. The lowest BCUT2D eigenvalue weighted by molar-refractivity contribution is 0.626. The van der Waals surface area contributed by atoms with Crippen LogP contribution in [0.5, 0.6) is 0 Å². The van der Waals surface area contributed by atoms with Crippen LogP contribution in [0, 0.1) is 25.1 Å². The summed E-state index contributed by atoms with van der Waals surface area (Å²) < 4.78 is 13.2. The number of halogens is 1. The van der Waals surface area contributed by atoms with E-state index in [1.807, 2.05) is 6.92 Å². The van der Waals surface area contributed by atoms with E-state index in [1.54, 1.807) is 6.07 Å². The first kappa shape index (κ1) is 7.81. The number of hydrogen-bond donors (Lipinski definition) is 1. The van der Waals surface area contributed by atoms with Crippen LogP contribution in [0.4, 0.5) is 4.39 Å². The third-order valence-corrected chi connectivity index (χ3v) is 2.00. The predicted molar refractivity (Wildman–Crippen MR) is 48.7 cm³/mol. The van der Waals surface area contributed by atoms with Crippen LogP contribution in [0.3, 0.4) is 0 Å². The smallest absolute Gasteiger partial charge is 0.139 e. The van der Waals surface area contributed by atoms with Gasteiger partial charge >= 0.3 is 0 Å². The molecule has 3 heteroatoms. The Hall–Kier alpha value is -1.82. The summed E-state index contributed by atoms with van der Waals surface area (Å²) in [4.78, 5) is 0. The first-order valence-electron chi connectivity index (χ1n) is 3.84. The van der Waals surface area contributed by atoms with Crippen molar-refractivity contribution in [3.8, 4) is 12.3 Å². The normalized spacial score (nSPS) is 10.2. The third-order valence-electron chi connectivity index (χ3n) is 2.00. The second-order valence-electron chi connectivity index (χ2n) is 2.81. The summed E-state index contributed by atoms with van der Waals surface area (Å²) in [5.41, 5.74) is 1.78. The minimum absolute atomic E-state index is 0.281. The van der Waals surface area contributed by atoms with Gasteiger partial charge in [0.05, 0.1) is 11.1 Å². The van der Waals surface area contributed by atoms with Gasteiger partial charge in [0.1, 0.15) is 5.82 Å². The van der Waals surface area contributed by atoms with Crippen molar-refractivity contribution >= 4 is 10.9 Å². The van der Waals surface area contributed by atoms with E-state index in [0.29, 0.717) is 10.9 Å². The number of terminal acetylenes is 1. The molecule has 0 bridgehead atoms. The number of fused-ring (bicyclic) bond motifs is 1. The van der Waals surface area contributed by atoms with Gasteiger partial charge < -0.3 is 0 Å². The minimum Gasteiger partial charge on any atom is -0.282 e. The quantitative estimate of drug-likeness (QED) is 0.608. The van der Waals surface area contributed by atoms with E-state index in [9.17, 15) is 4.39 Å². The maximum Gasteiger partial charge on any atom is 0.139 e. The zero-order valence-electron chi connectivity index (χ0n) is 7.06. The molecule has 0 atom stereocenters. The molecule has 1 aromatic heterocycles. The number of nitrogens with zero attached hydrogens (tertiary/aromatic N) is 1. The van der Waals surface area contributed by atoms with Gasteiger partial charge in [-0.1, -0.05) is 5.92 Å². The molecule has 0 aliphatic heterocycles. The Balaban J connectivity index is 2.99. The molecule has 64 valence electrons. The van der Waals surface area contributed by atoms with Gasteiger partial charge in [0.15, 0.2) is 0 Å². The molecule has 0 radical (unpaired) electrons. The third kappa shape index (κ3) is 0.994. The zero-order valence-corrected chi connectivity index (χ0v) is 7.06. The van der Waals surface area contributed by atoms with Crippen LogP contribution in [0.15, 0.2) is 12.1 Å². The van der Waals surface area contributed by atoms with Gasteiger partial charge in [-0.15, -0.1) is 6.42 Å². The molecular weight excluding hydrogens is 167 g/mol. The molecule has 0 saturated heterocycles. The van der Waals surface area contributed by atoms with Crippen molar-refractivity contribution in [1.82, 2.24) is 10.2 Å². The Morgan fingerprint density at radius 1 is 1.54 bits per heavy atom. The van der Waals surface area contributed by atoms with Crippen LogP contribution in [-0.2, 0) is 0 Å². The van der Waals surface area contributed by atoms with Crippen molar-refractivity contribution in [3.63, 3.8) is 0 Å². The first-order chi connectivity index (χ1) is 6.24. The number of nitrogens with one attached hydrogen (secondary N) is 1. The Morgan fingerprint density at radius 2 is 2.31 bits per heavy atom. The average Bonchev–Trinajstić information content (AvgIpc) is 2.49. The summed E-state index contributed by atoms with van der Waals surface area (Å²) in [6, 6.07) is 2.94. The fraction of sp³-hybridized carbons (Fsp3) is 0.100. The van der Waals surface area contributed by atoms with E-state index < -0.39 is 0 Å². The number of aromatic nitrogens is 2. The number of rotatable bonds is 0. The molecule has 1 heterocycles. The molecule has 0 saturated carbocycles. The molecule has 2 rings (SSSR count). The monoisotopic (exact) mass is 174 g/mol. The number of hydrogen-bond acceptors (Lipinski definition) is 1. The summed E-state index contributed by atoms with van der Waals surface area (Å²) >= 11 is 0. The molecule has 0 fully saturated rings. The largest absolute Gasteiger partial charge is 0.282 e. The van der Waals surface area contributed by atoms with Crippen molar-refractivity contribution in [1.29, 1.82) is 0 Å². The van der Waals surface area contributed by atoms with Gasteiger partial charge in [-0.25, -0.2) is 4.39 Å². The number of aromatic amines is 1. The van der Waals surface area contributed by atoms with Crippen LogP contribution < -0.4 is 0 Å². The molecule has 0 unspecified atom stereocenters. The zero-order chi connectivity index (χ0) is 9.42. The topological polar surface area (TPSA) is 28.7 Å². The van der Waals surface area contributed by atoms with Crippen LogP contribution in [-0.4, -0.2) is 10.2 Å². The summed E-state index contributed by atoms with van der Waals surface area (Å²) in [7, 11) is 0. The molecule has 0 aliphatic carbocycles. The van der Waals surface area contributed by atoms with Crippen molar-refractivity contribution in [3.05, 3.63) is 29.2 Å². The van der Waals surface area contributed by atoms with Crippen LogP contribution in [0.2, 0.25) is 0 Å². The van der Waals surface area contributed by atoms with Crippen LogP contribution in [0.1, 0.15) is 11.3 Å². The lowest BCUT2D eigenvalue weighted by Gasteiger charge is -1.96. The second-order valence-corrected chi connectivity index (χ2v) is 2.81. The Labute approximate surface area is 74.8 Å². The number of benzene rings is 1. The summed E-state index contributed by atoms with van der Waals surface area (Å²) in [5, 5.41) is 7.44. The van der Waals surface area contributed by atoms with E-state index >= 15 is 0 Å². The first-order valence-corrected chi connectivity index (χ1v) is 3.84. The molecular formula is C10H7FN2. The average molecular weight is 174 g/mol. The van der Waals surface area contributed by atoms with Gasteiger partial charge in [0, 0.05) is 11.1 Å². The lowest BCUT2D eigenvalue weighted by Crippen LogP contribution is -1.85. The van der Waals surface area contributed by atoms with Crippen molar-refractivity contribution in [2.24, 2.45) is 0 Å². The number of H-pyrrole nitrogens is 1. The van der Waals surface area contributed by atoms with Gasteiger partial charge in [-0.05, 0) is 19.1 Å². The minimum atomic E-state index is -0.375. The van der Waals surface area contributed by atoms with E-state index in [4.69, 9.17) is 6.42 Å². The van der Waals surface area contributed by atoms with Gasteiger partial charge in [-0.2, -0.15) is 5.10 Å². The summed E-state index contributed by atoms with van der Waals surface area (Å²) in [6.07, 6.45) is 5.21. The molecule has 1 aromatic carbocycles. The van der Waals surface area contributed by atoms with E-state index in [-0.39, 0.29) is 11.4 Å². The summed E-state index contributed by atoms with van der Waals surface area (Å²) in [5.74, 6) is 1.95. The highest BCUT2D eigenvalue weighted by Crippen LogP contribution is 2.21. The molecule has 13 heavy (non-hydrogen) atoms. The van der Waals surface area contributed by atoms with E-state index in [0.717, 1.165) is 5.69 Å². The second kappa shape index (κ2) is 2.60. The van der Waals surface area contributed by atoms with Crippen LogP contribution in [0.25, 0.3) is 10.9 Å². The highest BCUT2D eigenvalue weighted by molar-refractivity contribution is 5.87. The van der Waals surface area contributed by atoms with Crippen LogP contribution >= 0.6 is 0 Å². The molecule has 0 spiro atoms. The van der Waals surface area contributed by atoms with Crippen molar-refractivity contribution < 1.29 is 4.39 Å². The van der Waals surface area contributed by atoms with Gasteiger partial charge in [-0.3, -0.25) is 5.10 Å². The highest BCUT2D eigenvalue weighted by Gasteiger charge is 2.09. The maximum atomic E-state index is 13.2. The molecule has 0 aliphatic rings. The predicted octanol–water partition coefficient (Wildman–Crippen LogP) is 1.99. The molecule has 2 aromatic rings. The van der Waals surface area contributed by atoms with Gasteiger partial charge in [0.2, 0.25) is 0 Å². The molecule has 0 amide bonds. The van der Waals surface area contributed by atoms with Crippen molar-refractivity contribution in [2.45, 2.75) is 6.92 Å². The van der Waals surface area contributed by atoms with Crippen molar-refractivity contribution in [2.75, 3.05) is 0 Å². The Morgan fingerprint density at radius 3 is 3.00 bits per heavy atom. The standard InChI is InChI=1S/C10H7FN2/c1-3-7-8(11)4-5-9-10(7)6(2)12-13-9/h1,4-5H,2H3,(H,12,13). The maximum absolute atomic E-state index is 13.2. The van der Waals surface area contributed by atoms with E-state index in [1.165, 1.54) is 6.07 Å². The SMILES string of the molecule is C#Cc1c(F)ccc2n[nH]c(C)c12. The lowest BCUT2D eigenvalue weighted by atomic mass is 10.1.